The molecular weight excluding hydrogens is 366 g/mol. The summed E-state index contributed by atoms with van der Waals surface area (Å²) in [6, 6.07) is 21.7. The SMILES string of the molecule is O=C(NNC(=O)c1cn(-c2ccccc2)nc1-c1cccnc1)c1ccccc1. The maximum atomic E-state index is 12.8. The summed E-state index contributed by atoms with van der Waals surface area (Å²) < 4.78 is 1.62. The Morgan fingerprint density at radius 2 is 1.48 bits per heavy atom. The first kappa shape index (κ1) is 18.1. The second kappa shape index (κ2) is 8.18. The first-order valence-electron chi connectivity index (χ1n) is 8.93. The number of hydrogen-bond acceptors (Lipinski definition) is 4. The zero-order valence-corrected chi connectivity index (χ0v) is 15.3. The molecule has 2 aromatic heterocycles. The molecule has 0 unspecified atom stereocenters. The van der Waals surface area contributed by atoms with Crippen LogP contribution in [-0.4, -0.2) is 26.6 Å². The van der Waals surface area contributed by atoms with Gasteiger partial charge in [0.15, 0.2) is 0 Å². The van der Waals surface area contributed by atoms with E-state index in [1.807, 2.05) is 42.5 Å². The van der Waals surface area contributed by atoms with Crippen LogP contribution in [0.25, 0.3) is 16.9 Å². The fourth-order valence-electron chi connectivity index (χ4n) is 2.81. The van der Waals surface area contributed by atoms with Crippen LogP contribution in [0, 0.1) is 0 Å². The highest BCUT2D eigenvalue weighted by atomic mass is 16.2. The van der Waals surface area contributed by atoms with Crippen LogP contribution in [0.15, 0.2) is 91.4 Å². The quantitative estimate of drug-likeness (QED) is 0.530. The predicted molar refractivity (Wildman–Crippen MR) is 108 cm³/mol. The summed E-state index contributed by atoms with van der Waals surface area (Å²) in [4.78, 5) is 29.1. The molecule has 0 aliphatic carbocycles. The zero-order valence-electron chi connectivity index (χ0n) is 15.3. The molecule has 0 fully saturated rings. The fraction of sp³-hybridized carbons (Fsp3) is 0. The highest BCUT2D eigenvalue weighted by molar-refractivity contribution is 6.02. The van der Waals surface area contributed by atoms with Gasteiger partial charge >= 0.3 is 0 Å². The largest absolute Gasteiger partial charge is 0.273 e. The van der Waals surface area contributed by atoms with Gasteiger partial charge in [0.2, 0.25) is 0 Å². The van der Waals surface area contributed by atoms with Crippen molar-refractivity contribution in [3.63, 3.8) is 0 Å². The number of hydrogen-bond donors (Lipinski definition) is 2. The molecule has 0 bridgehead atoms. The number of hydrazine groups is 1. The number of pyridine rings is 1. The van der Waals surface area contributed by atoms with Gasteiger partial charge in [-0.25, -0.2) is 4.68 Å². The van der Waals surface area contributed by atoms with Gasteiger partial charge in [-0.1, -0.05) is 36.4 Å². The lowest BCUT2D eigenvalue weighted by Gasteiger charge is -2.07. The summed E-state index contributed by atoms with van der Waals surface area (Å²) in [6.07, 6.45) is 4.91. The molecule has 2 amide bonds. The van der Waals surface area contributed by atoms with E-state index in [-0.39, 0.29) is 0 Å². The van der Waals surface area contributed by atoms with Crippen LogP contribution in [0.1, 0.15) is 20.7 Å². The standard InChI is InChI=1S/C22H17N5O2/c28-21(16-8-3-1-4-9-16)24-25-22(29)19-15-27(18-11-5-2-6-12-18)26-20(19)17-10-7-13-23-14-17/h1-15H,(H,24,28)(H,25,29). The first-order chi connectivity index (χ1) is 14.2. The number of carbonyl (C=O) groups excluding carboxylic acids is 2. The summed E-state index contributed by atoms with van der Waals surface area (Å²) in [5.74, 6) is -0.882. The summed E-state index contributed by atoms with van der Waals surface area (Å²) in [5.41, 5.74) is 7.63. The molecule has 4 aromatic rings. The number of carbonyl (C=O) groups is 2. The lowest BCUT2D eigenvalue weighted by Crippen LogP contribution is -2.41. The smallest absolute Gasteiger partial charge is 0.267 e. The second-order valence-corrected chi connectivity index (χ2v) is 6.19. The molecule has 0 saturated carbocycles. The van der Waals surface area contributed by atoms with E-state index >= 15 is 0 Å². The lowest BCUT2D eigenvalue weighted by molar-refractivity contribution is 0.0847. The molecule has 4 rings (SSSR count). The van der Waals surface area contributed by atoms with Gasteiger partial charge in [-0.15, -0.1) is 0 Å². The molecular formula is C22H17N5O2. The van der Waals surface area contributed by atoms with Gasteiger partial charge in [0.05, 0.1) is 11.3 Å². The van der Waals surface area contributed by atoms with Gasteiger partial charge in [0.1, 0.15) is 5.69 Å². The van der Waals surface area contributed by atoms with E-state index in [0.29, 0.717) is 22.4 Å². The lowest BCUT2D eigenvalue weighted by atomic mass is 10.1. The molecule has 0 spiro atoms. The van der Waals surface area contributed by atoms with Crippen LogP contribution in [-0.2, 0) is 0 Å². The van der Waals surface area contributed by atoms with Crippen LogP contribution in [0.2, 0.25) is 0 Å². The van der Waals surface area contributed by atoms with Crippen LogP contribution < -0.4 is 10.9 Å². The molecule has 2 N–H and O–H groups in total. The highest BCUT2D eigenvalue weighted by Gasteiger charge is 2.19. The van der Waals surface area contributed by atoms with Gasteiger partial charge < -0.3 is 0 Å². The topological polar surface area (TPSA) is 88.9 Å². The van der Waals surface area contributed by atoms with Crippen molar-refractivity contribution < 1.29 is 9.59 Å². The average molecular weight is 383 g/mol. The summed E-state index contributed by atoms with van der Waals surface area (Å²) >= 11 is 0. The molecule has 0 aliphatic rings. The van der Waals surface area contributed by atoms with E-state index < -0.39 is 11.8 Å². The summed E-state index contributed by atoms with van der Waals surface area (Å²) in [5, 5.41) is 4.56. The van der Waals surface area contributed by atoms with E-state index in [1.54, 1.807) is 53.6 Å². The maximum Gasteiger partial charge on any atom is 0.273 e. The highest BCUT2D eigenvalue weighted by Crippen LogP contribution is 2.23. The van der Waals surface area contributed by atoms with Crippen molar-refractivity contribution in [3.8, 4) is 16.9 Å². The Balaban J connectivity index is 1.62. The Hall–Kier alpha value is -4.26. The summed E-state index contributed by atoms with van der Waals surface area (Å²) in [6.45, 7) is 0. The van der Waals surface area contributed by atoms with Gasteiger partial charge in [-0.2, -0.15) is 5.10 Å². The Labute approximate surface area is 167 Å². The molecule has 2 heterocycles. The number of nitrogens with zero attached hydrogens (tertiary/aromatic N) is 3. The normalized spacial score (nSPS) is 10.3. The molecule has 142 valence electrons. The summed E-state index contributed by atoms with van der Waals surface area (Å²) in [7, 11) is 0. The van der Waals surface area contributed by atoms with Crippen LogP contribution >= 0.6 is 0 Å². The van der Waals surface area contributed by atoms with Gasteiger partial charge in [-0.05, 0) is 36.4 Å². The Morgan fingerprint density at radius 3 is 2.17 bits per heavy atom. The van der Waals surface area contributed by atoms with E-state index in [2.05, 4.69) is 20.9 Å². The third-order valence-corrected chi connectivity index (χ3v) is 4.24. The second-order valence-electron chi connectivity index (χ2n) is 6.19. The van der Waals surface area contributed by atoms with Crippen molar-refractivity contribution in [3.05, 3.63) is 103 Å². The Morgan fingerprint density at radius 1 is 0.793 bits per heavy atom. The zero-order chi connectivity index (χ0) is 20.1. The van der Waals surface area contributed by atoms with E-state index in [0.717, 1.165) is 5.69 Å². The minimum absolute atomic E-state index is 0.315. The number of nitrogens with one attached hydrogen (secondary N) is 2. The van der Waals surface area contributed by atoms with E-state index in [9.17, 15) is 9.59 Å². The molecule has 0 aliphatic heterocycles. The van der Waals surface area contributed by atoms with Gasteiger partial charge in [0, 0.05) is 29.7 Å². The molecule has 0 atom stereocenters. The Kier molecular flexibility index (Phi) is 5.11. The third-order valence-electron chi connectivity index (χ3n) is 4.24. The molecule has 2 aromatic carbocycles. The minimum atomic E-state index is -0.477. The fourth-order valence-corrected chi connectivity index (χ4v) is 2.81. The van der Waals surface area contributed by atoms with Gasteiger partial charge in [-0.3, -0.25) is 25.4 Å². The van der Waals surface area contributed by atoms with Crippen LogP contribution in [0.4, 0.5) is 0 Å². The van der Waals surface area contributed by atoms with Crippen molar-refractivity contribution >= 4 is 11.8 Å². The van der Waals surface area contributed by atoms with Crippen molar-refractivity contribution in [2.75, 3.05) is 0 Å². The molecule has 7 nitrogen and oxygen atoms in total. The van der Waals surface area contributed by atoms with Gasteiger partial charge in [0.25, 0.3) is 11.8 Å². The number of rotatable bonds is 4. The number of benzene rings is 2. The molecule has 29 heavy (non-hydrogen) atoms. The molecule has 0 saturated heterocycles. The van der Waals surface area contributed by atoms with E-state index in [1.165, 1.54) is 0 Å². The Bertz CT molecular complexity index is 1130. The molecule has 7 heteroatoms. The van der Waals surface area contributed by atoms with Crippen molar-refractivity contribution in [2.45, 2.75) is 0 Å². The molecule has 0 radical (unpaired) electrons. The number of amides is 2. The number of aromatic nitrogens is 3. The van der Waals surface area contributed by atoms with Crippen molar-refractivity contribution in [2.24, 2.45) is 0 Å². The predicted octanol–water partition coefficient (Wildman–Crippen LogP) is 3.01. The third kappa shape index (κ3) is 4.03. The van der Waals surface area contributed by atoms with Crippen molar-refractivity contribution in [1.82, 2.24) is 25.6 Å². The van der Waals surface area contributed by atoms with Crippen molar-refractivity contribution in [1.29, 1.82) is 0 Å². The minimum Gasteiger partial charge on any atom is -0.267 e. The van der Waals surface area contributed by atoms with Crippen LogP contribution in [0.5, 0.6) is 0 Å². The van der Waals surface area contributed by atoms with Crippen LogP contribution in [0.3, 0.4) is 0 Å². The number of para-hydroxylation sites is 1. The van der Waals surface area contributed by atoms with E-state index in [4.69, 9.17) is 0 Å². The maximum absolute atomic E-state index is 12.8. The first-order valence-corrected chi connectivity index (χ1v) is 8.93. The average Bonchev–Trinajstić information content (AvgIpc) is 3.25. The monoisotopic (exact) mass is 383 g/mol.